The molecular formula is C18H21NO2. The van der Waals surface area contributed by atoms with E-state index in [1.165, 1.54) is 11.1 Å². The molecule has 2 aromatic rings. The smallest absolute Gasteiger partial charge is 0.122 e. The normalized spacial score (nSPS) is 14.4. The molecule has 0 spiro atoms. The van der Waals surface area contributed by atoms with Crippen LogP contribution < -0.4 is 10.1 Å². The van der Waals surface area contributed by atoms with Crippen LogP contribution >= 0.6 is 0 Å². The van der Waals surface area contributed by atoms with Crippen molar-refractivity contribution in [1.82, 2.24) is 0 Å². The van der Waals surface area contributed by atoms with Crippen LogP contribution in [0.15, 0.2) is 42.5 Å². The second-order valence-electron chi connectivity index (χ2n) is 5.39. The molecule has 1 heterocycles. The topological polar surface area (TPSA) is 41.5 Å². The molecule has 3 nitrogen and oxygen atoms in total. The number of aliphatic hydroxyl groups is 1. The Morgan fingerprint density at radius 1 is 1.24 bits per heavy atom. The number of anilines is 1. The average Bonchev–Trinajstić information content (AvgIpc) is 3.00. The molecule has 1 atom stereocenters. The number of para-hydroxylation sites is 1. The van der Waals surface area contributed by atoms with Crippen LogP contribution in [0.1, 0.15) is 36.1 Å². The number of nitrogens with one attached hydrogen (secondary N) is 1. The minimum Gasteiger partial charge on any atom is -0.493 e. The molecule has 3 heteroatoms. The minimum atomic E-state index is 0.0532. The van der Waals surface area contributed by atoms with E-state index in [0.29, 0.717) is 0 Å². The molecule has 0 saturated carbocycles. The van der Waals surface area contributed by atoms with E-state index in [1.807, 2.05) is 24.3 Å². The van der Waals surface area contributed by atoms with Crippen molar-refractivity contribution in [3.63, 3.8) is 0 Å². The van der Waals surface area contributed by atoms with Gasteiger partial charge in [-0.1, -0.05) is 31.2 Å². The summed E-state index contributed by atoms with van der Waals surface area (Å²) < 4.78 is 5.57. The summed E-state index contributed by atoms with van der Waals surface area (Å²) in [6.07, 6.45) is 1.98. The first-order chi connectivity index (χ1) is 10.3. The Balaban J connectivity index is 1.85. The van der Waals surface area contributed by atoms with Gasteiger partial charge in [-0.3, -0.25) is 0 Å². The maximum atomic E-state index is 9.44. The standard InChI is InChI=1S/C18H21NO2/c1-2-16(19-17-6-4-3-5-15(17)12-20)13-7-8-18-14(11-13)9-10-21-18/h3-8,11,16,19-20H,2,9-10,12H2,1H3. The van der Waals surface area contributed by atoms with Gasteiger partial charge < -0.3 is 15.2 Å². The third kappa shape index (κ3) is 2.88. The molecule has 2 N–H and O–H groups in total. The van der Waals surface area contributed by atoms with Crippen molar-refractivity contribution in [1.29, 1.82) is 0 Å². The Morgan fingerprint density at radius 3 is 2.90 bits per heavy atom. The fourth-order valence-corrected chi connectivity index (χ4v) is 2.83. The number of hydrogen-bond acceptors (Lipinski definition) is 3. The molecule has 0 radical (unpaired) electrons. The largest absolute Gasteiger partial charge is 0.493 e. The minimum absolute atomic E-state index is 0.0532. The highest BCUT2D eigenvalue weighted by Crippen LogP contribution is 2.31. The SMILES string of the molecule is CCC(Nc1ccccc1CO)c1ccc2c(c1)CCO2. The average molecular weight is 283 g/mol. The van der Waals surface area contributed by atoms with Crippen LogP contribution in [0.4, 0.5) is 5.69 Å². The summed E-state index contributed by atoms with van der Waals surface area (Å²) >= 11 is 0. The van der Waals surface area contributed by atoms with Gasteiger partial charge in [0.2, 0.25) is 0 Å². The molecule has 0 aromatic heterocycles. The lowest BCUT2D eigenvalue weighted by Crippen LogP contribution is -2.11. The van der Waals surface area contributed by atoms with Crippen molar-refractivity contribution >= 4 is 5.69 Å². The van der Waals surface area contributed by atoms with Gasteiger partial charge in [0.15, 0.2) is 0 Å². The summed E-state index contributed by atoms with van der Waals surface area (Å²) in [4.78, 5) is 0. The first-order valence-corrected chi connectivity index (χ1v) is 7.52. The van der Waals surface area contributed by atoms with Gasteiger partial charge in [-0.15, -0.1) is 0 Å². The number of fused-ring (bicyclic) bond motifs is 1. The first-order valence-electron chi connectivity index (χ1n) is 7.52. The summed E-state index contributed by atoms with van der Waals surface area (Å²) in [6.45, 7) is 3.01. The number of benzene rings is 2. The van der Waals surface area contributed by atoms with Crippen molar-refractivity contribution in [3.8, 4) is 5.75 Å². The Kier molecular flexibility index (Phi) is 4.11. The van der Waals surface area contributed by atoms with E-state index in [-0.39, 0.29) is 12.6 Å². The summed E-state index contributed by atoms with van der Waals surface area (Å²) in [5.74, 6) is 1.02. The van der Waals surface area contributed by atoms with Crippen LogP contribution in [0.3, 0.4) is 0 Å². The third-order valence-corrected chi connectivity index (χ3v) is 4.04. The summed E-state index contributed by atoms with van der Waals surface area (Å²) in [6, 6.07) is 14.6. The van der Waals surface area contributed by atoms with Gasteiger partial charge >= 0.3 is 0 Å². The summed E-state index contributed by atoms with van der Waals surface area (Å²) in [5, 5.41) is 13.0. The molecule has 0 saturated heterocycles. The zero-order valence-electron chi connectivity index (χ0n) is 12.3. The van der Waals surface area contributed by atoms with E-state index in [9.17, 15) is 5.11 Å². The summed E-state index contributed by atoms with van der Waals surface area (Å²) in [5.41, 5.74) is 4.50. The van der Waals surface area contributed by atoms with Crippen molar-refractivity contribution in [2.45, 2.75) is 32.4 Å². The number of hydrogen-bond donors (Lipinski definition) is 2. The van der Waals surface area contributed by atoms with E-state index in [2.05, 4.69) is 30.4 Å². The monoisotopic (exact) mass is 283 g/mol. The Labute approximate surface area is 125 Å². The van der Waals surface area contributed by atoms with E-state index in [0.717, 1.165) is 36.4 Å². The molecule has 1 unspecified atom stereocenters. The molecule has 3 rings (SSSR count). The Morgan fingerprint density at radius 2 is 2.10 bits per heavy atom. The zero-order chi connectivity index (χ0) is 14.7. The number of ether oxygens (including phenoxy) is 1. The van der Waals surface area contributed by atoms with Gasteiger partial charge in [-0.05, 0) is 35.7 Å². The fourth-order valence-electron chi connectivity index (χ4n) is 2.83. The van der Waals surface area contributed by atoms with Gasteiger partial charge in [0.05, 0.1) is 19.3 Å². The van der Waals surface area contributed by atoms with E-state index < -0.39 is 0 Å². The second kappa shape index (κ2) is 6.19. The third-order valence-electron chi connectivity index (χ3n) is 4.04. The molecular weight excluding hydrogens is 262 g/mol. The van der Waals surface area contributed by atoms with Gasteiger partial charge in [0, 0.05) is 17.7 Å². The van der Waals surface area contributed by atoms with Gasteiger partial charge in [-0.2, -0.15) is 0 Å². The first kappa shape index (κ1) is 14.0. The maximum Gasteiger partial charge on any atom is 0.122 e. The summed E-state index contributed by atoms with van der Waals surface area (Å²) in [7, 11) is 0. The van der Waals surface area contributed by atoms with Crippen LogP contribution in [0.5, 0.6) is 5.75 Å². The predicted molar refractivity (Wildman–Crippen MR) is 84.7 cm³/mol. The van der Waals surface area contributed by atoms with Crippen molar-refractivity contribution in [3.05, 3.63) is 59.2 Å². The molecule has 0 aliphatic carbocycles. The molecule has 0 amide bonds. The van der Waals surface area contributed by atoms with Gasteiger partial charge in [-0.25, -0.2) is 0 Å². The zero-order valence-corrected chi connectivity index (χ0v) is 12.3. The quantitative estimate of drug-likeness (QED) is 0.879. The molecule has 21 heavy (non-hydrogen) atoms. The van der Waals surface area contributed by atoms with Crippen LogP contribution in [-0.2, 0) is 13.0 Å². The highest BCUT2D eigenvalue weighted by atomic mass is 16.5. The Bertz CT molecular complexity index is 624. The van der Waals surface area contributed by atoms with E-state index >= 15 is 0 Å². The lowest BCUT2D eigenvalue weighted by atomic mass is 10.00. The highest BCUT2D eigenvalue weighted by molar-refractivity contribution is 5.53. The molecule has 110 valence electrons. The molecule has 1 aliphatic heterocycles. The van der Waals surface area contributed by atoms with Crippen LogP contribution in [0, 0.1) is 0 Å². The van der Waals surface area contributed by atoms with Gasteiger partial charge in [0.1, 0.15) is 5.75 Å². The Hall–Kier alpha value is -2.00. The lowest BCUT2D eigenvalue weighted by molar-refractivity contribution is 0.282. The molecule has 0 fully saturated rings. The molecule has 2 aromatic carbocycles. The van der Waals surface area contributed by atoms with Crippen molar-refractivity contribution in [2.24, 2.45) is 0 Å². The molecule has 0 bridgehead atoms. The van der Waals surface area contributed by atoms with Crippen LogP contribution in [0.2, 0.25) is 0 Å². The van der Waals surface area contributed by atoms with E-state index in [4.69, 9.17) is 4.74 Å². The molecule has 1 aliphatic rings. The van der Waals surface area contributed by atoms with Crippen molar-refractivity contribution in [2.75, 3.05) is 11.9 Å². The lowest BCUT2D eigenvalue weighted by Gasteiger charge is -2.21. The maximum absolute atomic E-state index is 9.44. The predicted octanol–water partition coefficient (Wildman–Crippen LogP) is 3.68. The second-order valence-corrected chi connectivity index (χ2v) is 5.39. The van der Waals surface area contributed by atoms with Gasteiger partial charge in [0.25, 0.3) is 0 Å². The van der Waals surface area contributed by atoms with Crippen LogP contribution in [0.25, 0.3) is 0 Å². The van der Waals surface area contributed by atoms with Crippen molar-refractivity contribution < 1.29 is 9.84 Å². The van der Waals surface area contributed by atoms with E-state index in [1.54, 1.807) is 0 Å². The number of aliphatic hydroxyl groups excluding tert-OH is 1. The van der Waals surface area contributed by atoms with Crippen LogP contribution in [-0.4, -0.2) is 11.7 Å². The number of rotatable bonds is 5. The fraction of sp³-hybridized carbons (Fsp3) is 0.333. The highest BCUT2D eigenvalue weighted by Gasteiger charge is 2.16.